The first-order chi connectivity index (χ1) is 13.4. The maximum absolute atomic E-state index is 13.4. The fraction of sp³-hybridized carbons (Fsp3) is 0.211. The second kappa shape index (κ2) is 9.91. The number of methoxy groups -OCH3 is 1. The molecule has 0 spiro atoms. The highest BCUT2D eigenvalue weighted by atomic mass is 19.1. The van der Waals surface area contributed by atoms with E-state index < -0.39 is 30.9 Å². The molecule has 0 heterocycles. The highest BCUT2D eigenvalue weighted by Gasteiger charge is 2.13. The molecule has 0 unspecified atom stereocenters. The van der Waals surface area contributed by atoms with Gasteiger partial charge in [-0.25, -0.2) is 9.18 Å². The van der Waals surface area contributed by atoms with Crippen molar-refractivity contribution in [3.63, 3.8) is 0 Å². The largest absolute Gasteiger partial charge is 0.495 e. The topological polar surface area (TPSA) is 103 Å². The van der Waals surface area contributed by atoms with Gasteiger partial charge in [0.15, 0.2) is 24.8 Å². The lowest BCUT2D eigenvalue weighted by Gasteiger charge is -2.12. The van der Waals surface area contributed by atoms with Crippen LogP contribution < -0.4 is 20.1 Å². The second-order valence-corrected chi connectivity index (χ2v) is 5.52. The highest BCUT2D eigenvalue weighted by molar-refractivity contribution is 5.96. The molecule has 2 aromatic rings. The standard InChI is InChI=1S/C19H19FN2O6/c1-12(23)21-13-7-8-17(26-2)15(9-13)22-18(24)10-28-19(25)11-27-16-6-4-3-5-14(16)20/h3-9H,10-11H2,1-2H3,(H,21,23)(H,22,24). The highest BCUT2D eigenvalue weighted by Crippen LogP contribution is 2.27. The van der Waals surface area contributed by atoms with Gasteiger partial charge in [-0.05, 0) is 30.3 Å². The van der Waals surface area contributed by atoms with Crippen molar-refractivity contribution in [3.05, 3.63) is 48.3 Å². The van der Waals surface area contributed by atoms with Gasteiger partial charge >= 0.3 is 5.97 Å². The quantitative estimate of drug-likeness (QED) is 0.671. The summed E-state index contributed by atoms with van der Waals surface area (Å²) in [5, 5.41) is 5.10. The van der Waals surface area contributed by atoms with Crippen molar-refractivity contribution in [2.75, 3.05) is 31.0 Å². The zero-order chi connectivity index (χ0) is 20.5. The molecule has 2 aromatic carbocycles. The number of benzene rings is 2. The molecular weight excluding hydrogens is 371 g/mol. The molecule has 0 radical (unpaired) electrons. The summed E-state index contributed by atoms with van der Waals surface area (Å²) in [6.45, 7) is 0.230. The Morgan fingerprint density at radius 3 is 2.43 bits per heavy atom. The van der Waals surface area contributed by atoms with Crippen LogP contribution in [-0.4, -0.2) is 38.1 Å². The van der Waals surface area contributed by atoms with E-state index in [1.165, 1.54) is 38.3 Å². The van der Waals surface area contributed by atoms with E-state index in [0.717, 1.165) is 0 Å². The van der Waals surface area contributed by atoms with Crippen molar-refractivity contribution in [2.45, 2.75) is 6.92 Å². The Bertz CT molecular complexity index is 871. The van der Waals surface area contributed by atoms with E-state index in [1.807, 2.05) is 0 Å². The average Bonchev–Trinajstić information content (AvgIpc) is 2.65. The molecule has 0 fully saturated rings. The van der Waals surface area contributed by atoms with Gasteiger partial charge in [0, 0.05) is 12.6 Å². The van der Waals surface area contributed by atoms with Gasteiger partial charge < -0.3 is 24.8 Å². The van der Waals surface area contributed by atoms with Crippen LogP contribution in [0.2, 0.25) is 0 Å². The van der Waals surface area contributed by atoms with Crippen molar-refractivity contribution in [1.29, 1.82) is 0 Å². The number of nitrogens with one attached hydrogen (secondary N) is 2. The summed E-state index contributed by atoms with van der Waals surface area (Å²) in [5.74, 6) is -2.08. The van der Waals surface area contributed by atoms with Crippen molar-refractivity contribution < 1.29 is 33.0 Å². The molecule has 0 aliphatic carbocycles. The van der Waals surface area contributed by atoms with Crippen LogP contribution in [0.15, 0.2) is 42.5 Å². The van der Waals surface area contributed by atoms with E-state index in [-0.39, 0.29) is 17.3 Å². The first-order valence-corrected chi connectivity index (χ1v) is 8.17. The van der Waals surface area contributed by atoms with Gasteiger partial charge in [-0.2, -0.15) is 0 Å². The monoisotopic (exact) mass is 390 g/mol. The number of halogens is 1. The second-order valence-electron chi connectivity index (χ2n) is 5.52. The fourth-order valence-electron chi connectivity index (χ4n) is 2.16. The Kier molecular flexibility index (Phi) is 7.32. The van der Waals surface area contributed by atoms with E-state index in [2.05, 4.69) is 10.6 Å². The number of hydrogen-bond donors (Lipinski definition) is 2. The van der Waals surface area contributed by atoms with Crippen molar-refractivity contribution in [3.8, 4) is 11.5 Å². The van der Waals surface area contributed by atoms with Crippen LogP contribution in [0.25, 0.3) is 0 Å². The van der Waals surface area contributed by atoms with Crippen molar-refractivity contribution in [2.24, 2.45) is 0 Å². The molecule has 0 aromatic heterocycles. The number of carbonyl (C=O) groups is 3. The molecule has 0 saturated carbocycles. The lowest BCUT2D eigenvalue weighted by molar-refractivity contribution is -0.149. The first-order valence-electron chi connectivity index (χ1n) is 8.17. The van der Waals surface area contributed by atoms with Gasteiger partial charge in [-0.1, -0.05) is 12.1 Å². The Hall–Kier alpha value is -3.62. The van der Waals surface area contributed by atoms with Crippen LogP contribution in [-0.2, 0) is 19.1 Å². The summed E-state index contributed by atoms with van der Waals surface area (Å²) >= 11 is 0. The van der Waals surface area contributed by atoms with Crippen molar-refractivity contribution >= 4 is 29.2 Å². The van der Waals surface area contributed by atoms with Crippen LogP contribution in [0.4, 0.5) is 15.8 Å². The summed E-state index contributed by atoms with van der Waals surface area (Å²) in [6.07, 6.45) is 0. The zero-order valence-electron chi connectivity index (χ0n) is 15.3. The van der Waals surface area contributed by atoms with Gasteiger partial charge in [0.1, 0.15) is 5.75 Å². The maximum atomic E-state index is 13.4. The SMILES string of the molecule is COc1ccc(NC(C)=O)cc1NC(=O)COC(=O)COc1ccccc1F. The Morgan fingerprint density at radius 2 is 1.75 bits per heavy atom. The molecule has 0 saturated heterocycles. The molecule has 9 heteroatoms. The molecule has 0 atom stereocenters. The number of esters is 1. The van der Waals surface area contributed by atoms with Crippen LogP contribution in [0.1, 0.15) is 6.92 Å². The van der Waals surface area contributed by atoms with Gasteiger partial charge in [0.2, 0.25) is 5.91 Å². The molecule has 0 aliphatic heterocycles. The lowest BCUT2D eigenvalue weighted by atomic mass is 10.2. The molecule has 2 N–H and O–H groups in total. The number of rotatable bonds is 8. The van der Waals surface area contributed by atoms with E-state index in [4.69, 9.17) is 14.2 Å². The molecule has 2 amide bonds. The molecular formula is C19H19FN2O6. The van der Waals surface area contributed by atoms with E-state index >= 15 is 0 Å². The average molecular weight is 390 g/mol. The molecule has 148 valence electrons. The summed E-state index contributed by atoms with van der Waals surface area (Å²) < 4.78 is 28.3. The molecule has 2 rings (SSSR count). The Balaban J connectivity index is 1.87. The van der Waals surface area contributed by atoms with E-state index in [9.17, 15) is 18.8 Å². The molecule has 0 aliphatic rings. The number of ether oxygens (including phenoxy) is 3. The summed E-state index contributed by atoms with van der Waals surface area (Å²) in [4.78, 5) is 34.8. The van der Waals surface area contributed by atoms with Gasteiger partial charge in [-0.3, -0.25) is 9.59 Å². The molecule has 28 heavy (non-hydrogen) atoms. The Labute approximate surface area is 160 Å². The van der Waals surface area contributed by atoms with E-state index in [0.29, 0.717) is 11.4 Å². The van der Waals surface area contributed by atoms with Crippen molar-refractivity contribution in [1.82, 2.24) is 0 Å². The van der Waals surface area contributed by atoms with Crippen LogP contribution in [0.3, 0.4) is 0 Å². The predicted octanol–water partition coefficient (Wildman–Crippen LogP) is 2.35. The van der Waals surface area contributed by atoms with Crippen LogP contribution >= 0.6 is 0 Å². The number of anilines is 2. The van der Waals surface area contributed by atoms with Gasteiger partial charge in [-0.15, -0.1) is 0 Å². The van der Waals surface area contributed by atoms with Gasteiger partial charge in [0.05, 0.1) is 12.8 Å². The Morgan fingerprint density at radius 1 is 1.00 bits per heavy atom. The molecule has 8 nitrogen and oxygen atoms in total. The minimum Gasteiger partial charge on any atom is -0.495 e. The normalized spacial score (nSPS) is 9.96. The summed E-state index contributed by atoms with van der Waals surface area (Å²) in [7, 11) is 1.42. The van der Waals surface area contributed by atoms with Crippen LogP contribution in [0, 0.1) is 5.82 Å². The number of hydrogen-bond acceptors (Lipinski definition) is 6. The third-order valence-corrected chi connectivity index (χ3v) is 3.34. The number of para-hydroxylation sites is 1. The summed E-state index contributed by atoms with van der Waals surface area (Å²) in [5.41, 5.74) is 0.747. The van der Waals surface area contributed by atoms with Crippen LogP contribution in [0.5, 0.6) is 11.5 Å². The number of carbonyl (C=O) groups excluding carboxylic acids is 3. The van der Waals surface area contributed by atoms with Gasteiger partial charge in [0.25, 0.3) is 5.91 Å². The third-order valence-electron chi connectivity index (χ3n) is 3.34. The first kappa shape index (κ1) is 20.7. The summed E-state index contributed by atoms with van der Waals surface area (Å²) in [6, 6.07) is 10.3. The van der Waals surface area contributed by atoms with E-state index in [1.54, 1.807) is 18.2 Å². The minimum atomic E-state index is -0.836. The zero-order valence-corrected chi connectivity index (χ0v) is 15.3. The number of amides is 2. The molecule has 0 bridgehead atoms. The smallest absolute Gasteiger partial charge is 0.344 e. The maximum Gasteiger partial charge on any atom is 0.344 e. The fourth-order valence-corrected chi connectivity index (χ4v) is 2.16. The third kappa shape index (κ3) is 6.27. The minimum absolute atomic E-state index is 0.0941. The predicted molar refractivity (Wildman–Crippen MR) is 98.8 cm³/mol. The lowest BCUT2D eigenvalue weighted by Crippen LogP contribution is -2.24.